The first-order valence-electron chi connectivity index (χ1n) is 7.23. The molecule has 23 heavy (non-hydrogen) atoms. The number of fused-ring (bicyclic) bond motifs is 1. The van der Waals surface area contributed by atoms with Crippen molar-refractivity contribution in [3.8, 4) is 11.5 Å². The van der Waals surface area contributed by atoms with Crippen molar-refractivity contribution in [3.05, 3.63) is 70.1 Å². The van der Waals surface area contributed by atoms with Gasteiger partial charge in [0.15, 0.2) is 0 Å². The number of halogens is 1. The molecule has 0 unspecified atom stereocenters. The van der Waals surface area contributed by atoms with Gasteiger partial charge >= 0.3 is 0 Å². The Bertz CT molecular complexity index is 872. The summed E-state index contributed by atoms with van der Waals surface area (Å²) in [5.41, 5.74) is -0.0372. The van der Waals surface area contributed by atoms with E-state index in [9.17, 15) is 4.79 Å². The molecule has 0 fully saturated rings. The average Bonchev–Trinajstić information content (AvgIpc) is 2.58. The number of hydrogen-bond donors (Lipinski definition) is 0. The van der Waals surface area contributed by atoms with E-state index in [0.717, 1.165) is 16.9 Å². The van der Waals surface area contributed by atoms with E-state index in [0.29, 0.717) is 23.6 Å². The zero-order valence-corrected chi connectivity index (χ0v) is 13.4. The van der Waals surface area contributed by atoms with Crippen molar-refractivity contribution in [2.45, 2.75) is 6.54 Å². The highest BCUT2D eigenvalue weighted by Crippen LogP contribution is 2.18. The molecular weight excluding hydrogens is 314 g/mol. The number of benzene rings is 2. The Labute approximate surface area is 138 Å². The Balaban J connectivity index is 1.74. The lowest BCUT2D eigenvalue weighted by molar-refractivity contribution is 0.296. The van der Waals surface area contributed by atoms with E-state index < -0.39 is 0 Å². The number of methoxy groups -OCH3 is 1. The zero-order chi connectivity index (χ0) is 16.2. The minimum Gasteiger partial charge on any atom is -0.497 e. The van der Waals surface area contributed by atoms with E-state index in [4.69, 9.17) is 21.1 Å². The van der Waals surface area contributed by atoms with Gasteiger partial charge in [0.25, 0.3) is 5.56 Å². The summed E-state index contributed by atoms with van der Waals surface area (Å²) < 4.78 is 12.5. The third-order valence-electron chi connectivity index (χ3n) is 3.60. The number of aromatic nitrogens is 1. The molecule has 2 aromatic carbocycles. The van der Waals surface area contributed by atoms with Gasteiger partial charge in [0.05, 0.1) is 13.7 Å². The van der Waals surface area contributed by atoms with Crippen LogP contribution >= 0.6 is 11.6 Å². The van der Waals surface area contributed by atoms with Gasteiger partial charge in [-0.05, 0) is 53.9 Å². The smallest absolute Gasteiger partial charge is 0.258 e. The lowest BCUT2D eigenvalue weighted by Gasteiger charge is -2.10. The summed E-state index contributed by atoms with van der Waals surface area (Å²) in [7, 11) is 1.61. The van der Waals surface area contributed by atoms with Crippen LogP contribution in [0.5, 0.6) is 11.5 Å². The van der Waals surface area contributed by atoms with Crippen LogP contribution in [0.2, 0.25) is 5.02 Å². The molecule has 0 radical (unpaired) electrons. The fourth-order valence-electron chi connectivity index (χ4n) is 2.36. The van der Waals surface area contributed by atoms with Crippen LogP contribution < -0.4 is 15.0 Å². The molecule has 1 heterocycles. The number of rotatable bonds is 5. The van der Waals surface area contributed by atoms with Crippen LogP contribution in [0.3, 0.4) is 0 Å². The van der Waals surface area contributed by atoms with Gasteiger partial charge in [-0.1, -0.05) is 11.6 Å². The lowest BCUT2D eigenvalue weighted by Crippen LogP contribution is -2.22. The van der Waals surface area contributed by atoms with Crippen molar-refractivity contribution in [3.63, 3.8) is 0 Å². The normalized spacial score (nSPS) is 10.7. The van der Waals surface area contributed by atoms with Crippen molar-refractivity contribution < 1.29 is 9.47 Å². The topological polar surface area (TPSA) is 40.5 Å². The highest BCUT2D eigenvalue weighted by Gasteiger charge is 2.04. The number of ether oxygens (including phenoxy) is 2. The summed E-state index contributed by atoms with van der Waals surface area (Å²) in [6.45, 7) is 0.882. The lowest BCUT2D eigenvalue weighted by atomic mass is 10.1. The molecule has 118 valence electrons. The maximum Gasteiger partial charge on any atom is 0.258 e. The number of hydrogen-bond acceptors (Lipinski definition) is 3. The minimum atomic E-state index is -0.0372. The molecule has 0 aliphatic carbocycles. The molecule has 0 aliphatic rings. The van der Waals surface area contributed by atoms with E-state index in [-0.39, 0.29) is 5.56 Å². The molecule has 5 heteroatoms. The number of nitrogens with zero attached hydrogens (tertiary/aromatic N) is 1. The minimum absolute atomic E-state index is 0.0372. The molecule has 0 N–H and O–H groups in total. The van der Waals surface area contributed by atoms with Gasteiger partial charge in [-0.3, -0.25) is 4.79 Å². The maximum atomic E-state index is 12.5. The maximum absolute atomic E-state index is 12.5. The van der Waals surface area contributed by atoms with Gasteiger partial charge < -0.3 is 14.0 Å². The molecule has 0 amide bonds. The SMILES string of the molecule is COc1ccc2c(=O)n(CCOc3ccc(Cl)cc3)ccc2c1. The van der Waals surface area contributed by atoms with Gasteiger partial charge in [0.2, 0.25) is 0 Å². The van der Waals surface area contributed by atoms with Gasteiger partial charge in [-0.2, -0.15) is 0 Å². The Morgan fingerprint density at radius 3 is 2.52 bits per heavy atom. The fraction of sp³-hybridized carbons (Fsp3) is 0.167. The second kappa shape index (κ2) is 6.75. The monoisotopic (exact) mass is 329 g/mol. The van der Waals surface area contributed by atoms with E-state index in [1.807, 2.05) is 12.1 Å². The van der Waals surface area contributed by atoms with Gasteiger partial charge in [-0.15, -0.1) is 0 Å². The van der Waals surface area contributed by atoms with E-state index in [1.165, 1.54) is 0 Å². The van der Waals surface area contributed by atoms with Crippen LogP contribution in [-0.2, 0) is 6.54 Å². The number of pyridine rings is 1. The Hall–Kier alpha value is -2.46. The Morgan fingerprint density at radius 2 is 1.78 bits per heavy atom. The summed E-state index contributed by atoms with van der Waals surface area (Å²) in [5, 5.41) is 2.20. The quantitative estimate of drug-likeness (QED) is 0.716. The third-order valence-corrected chi connectivity index (χ3v) is 3.85. The standard InChI is InChI=1S/C18H16ClNO3/c1-22-16-6-7-17-13(12-16)8-9-20(18(17)21)10-11-23-15-4-2-14(19)3-5-15/h2-9,12H,10-11H2,1H3. The van der Waals surface area contributed by atoms with Crippen molar-refractivity contribution in [1.29, 1.82) is 0 Å². The van der Waals surface area contributed by atoms with Gasteiger partial charge in [0.1, 0.15) is 18.1 Å². The highest BCUT2D eigenvalue weighted by atomic mass is 35.5. The molecular formula is C18H16ClNO3. The molecule has 4 nitrogen and oxygen atoms in total. The molecule has 1 aromatic heterocycles. The van der Waals surface area contributed by atoms with Crippen molar-refractivity contribution in [2.24, 2.45) is 0 Å². The zero-order valence-electron chi connectivity index (χ0n) is 12.7. The first kappa shape index (κ1) is 15.4. The summed E-state index contributed by atoms with van der Waals surface area (Å²) in [4.78, 5) is 12.5. The summed E-state index contributed by atoms with van der Waals surface area (Å²) in [6.07, 6.45) is 1.77. The van der Waals surface area contributed by atoms with E-state index in [1.54, 1.807) is 54.3 Å². The third kappa shape index (κ3) is 3.48. The molecule has 0 aliphatic heterocycles. The largest absolute Gasteiger partial charge is 0.497 e. The molecule has 0 saturated heterocycles. The molecule has 0 atom stereocenters. The van der Waals surface area contributed by atoms with Crippen molar-refractivity contribution in [1.82, 2.24) is 4.57 Å². The van der Waals surface area contributed by atoms with E-state index >= 15 is 0 Å². The van der Waals surface area contributed by atoms with Crippen LogP contribution in [0.15, 0.2) is 59.5 Å². The molecule has 0 bridgehead atoms. The summed E-state index contributed by atoms with van der Waals surface area (Å²) >= 11 is 5.83. The second-order valence-electron chi connectivity index (χ2n) is 5.07. The van der Waals surface area contributed by atoms with Gasteiger partial charge in [-0.25, -0.2) is 0 Å². The molecule has 0 spiro atoms. The summed E-state index contributed by atoms with van der Waals surface area (Å²) in [6, 6.07) is 14.5. The predicted octanol–water partition coefficient (Wildman–Crippen LogP) is 3.74. The van der Waals surface area contributed by atoms with Crippen LogP contribution in [0.1, 0.15) is 0 Å². The second-order valence-corrected chi connectivity index (χ2v) is 5.51. The van der Waals surface area contributed by atoms with Crippen LogP contribution in [0.25, 0.3) is 10.8 Å². The predicted molar refractivity (Wildman–Crippen MR) is 91.7 cm³/mol. The molecule has 3 aromatic rings. The van der Waals surface area contributed by atoms with Crippen LogP contribution in [0.4, 0.5) is 0 Å². The first-order valence-corrected chi connectivity index (χ1v) is 7.61. The van der Waals surface area contributed by atoms with Crippen LogP contribution in [-0.4, -0.2) is 18.3 Å². The fourth-order valence-corrected chi connectivity index (χ4v) is 2.49. The summed E-state index contributed by atoms with van der Waals surface area (Å²) in [5.74, 6) is 1.47. The average molecular weight is 330 g/mol. The van der Waals surface area contributed by atoms with Crippen molar-refractivity contribution in [2.75, 3.05) is 13.7 Å². The molecule has 0 saturated carbocycles. The van der Waals surface area contributed by atoms with Crippen molar-refractivity contribution >= 4 is 22.4 Å². The van der Waals surface area contributed by atoms with Gasteiger partial charge in [0, 0.05) is 16.6 Å². The Kier molecular flexibility index (Phi) is 4.53. The van der Waals surface area contributed by atoms with E-state index in [2.05, 4.69) is 0 Å². The highest BCUT2D eigenvalue weighted by molar-refractivity contribution is 6.30. The first-order chi connectivity index (χ1) is 11.2. The molecule has 3 rings (SSSR count). The van der Waals surface area contributed by atoms with Crippen LogP contribution in [0, 0.1) is 0 Å². The Morgan fingerprint density at radius 1 is 1.04 bits per heavy atom.